The van der Waals surface area contributed by atoms with Crippen molar-refractivity contribution in [3.05, 3.63) is 41.9 Å². The summed E-state index contributed by atoms with van der Waals surface area (Å²) in [6, 6.07) is 7.77. The molecule has 2 aromatic rings. The molecular formula is C34H50N5O8P. The van der Waals surface area contributed by atoms with E-state index in [1.807, 2.05) is 24.3 Å². The molecule has 1 aromatic heterocycles. The minimum Gasteiger partial charge on any atom is -0.484 e. The lowest BCUT2D eigenvalue weighted by atomic mass is 10.0. The molecule has 3 heterocycles. The zero-order chi connectivity index (χ0) is 37.0. The fraction of sp³-hybridized carbons (Fsp3) is 0.588. The standard InChI is InChI=1S/C33H46N5O7P.CH4O/c1-10-11-16-43-46(38(21(4)5)22(6)7)45-30-23(8)44-33(31(30)41-9)37-19-34-29-26(39)17-27(36-32(29)37)35-28(40)18-42-25-14-12-24(13-15-25)20(2)3;1-2/h1,12-15,19-23,30-31,33H,11,16-18H2,2-9H3,(H,35,36,40);2H,1H3/i8D;2T. The highest BCUT2D eigenvalue weighted by atomic mass is 31.2. The summed E-state index contributed by atoms with van der Waals surface area (Å²) in [5.41, 5.74) is 1.32. The van der Waals surface area contributed by atoms with Gasteiger partial charge in [-0.05, 0) is 58.2 Å². The van der Waals surface area contributed by atoms with E-state index >= 15 is 0 Å². The van der Waals surface area contributed by atoms with Gasteiger partial charge in [-0.25, -0.2) is 14.6 Å². The molecule has 5 atom stereocenters. The first-order valence-electron chi connectivity index (χ1n) is 17.0. The minimum atomic E-state index is -1.60. The molecule has 4 rings (SSSR count). The van der Waals surface area contributed by atoms with Gasteiger partial charge < -0.3 is 33.7 Å². The van der Waals surface area contributed by atoms with Crippen LogP contribution in [0.1, 0.15) is 90.9 Å². The third-order valence-electron chi connectivity index (χ3n) is 7.54. The summed E-state index contributed by atoms with van der Waals surface area (Å²) < 4.78 is 48.4. The highest BCUT2D eigenvalue weighted by Crippen LogP contribution is 2.50. The van der Waals surface area contributed by atoms with Crippen LogP contribution in [-0.2, 0) is 23.3 Å². The number of aliphatic imine (C=N–C) groups is 1. The van der Waals surface area contributed by atoms with E-state index in [2.05, 4.69) is 72.5 Å². The van der Waals surface area contributed by atoms with E-state index < -0.39 is 39.0 Å². The van der Waals surface area contributed by atoms with Gasteiger partial charge in [0.05, 0.1) is 25.5 Å². The maximum absolute atomic E-state index is 13.1. The van der Waals surface area contributed by atoms with Crippen molar-refractivity contribution in [2.75, 3.05) is 27.4 Å². The van der Waals surface area contributed by atoms with Crippen LogP contribution >= 0.6 is 8.53 Å². The van der Waals surface area contributed by atoms with Gasteiger partial charge in [0.25, 0.3) is 14.4 Å². The summed E-state index contributed by atoms with van der Waals surface area (Å²) in [4.78, 5) is 34.8. The zero-order valence-corrected chi connectivity index (χ0v) is 29.9. The number of benzene rings is 1. The number of nitrogens with zero attached hydrogens (tertiary/aromatic N) is 4. The van der Waals surface area contributed by atoms with Crippen molar-refractivity contribution in [3.63, 3.8) is 0 Å². The van der Waals surface area contributed by atoms with Gasteiger partial charge in [0, 0.05) is 34.1 Å². The van der Waals surface area contributed by atoms with Gasteiger partial charge in [0.1, 0.15) is 23.8 Å². The Kier molecular flexibility index (Phi) is 13.9. The number of rotatable bonds is 14. The van der Waals surface area contributed by atoms with Gasteiger partial charge in [0.2, 0.25) is 1.43 Å². The molecule has 0 aliphatic carbocycles. The normalized spacial score (nSPS) is 21.6. The predicted molar refractivity (Wildman–Crippen MR) is 184 cm³/mol. The highest BCUT2D eigenvalue weighted by molar-refractivity contribution is 7.44. The molecule has 264 valence electrons. The first-order valence-corrected chi connectivity index (χ1v) is 17.0. The Hall–Kier alpha value is -3.21. The maximum atomic E-state index is 13.1. The fourth-order valence-electron chi connectivity index (χ4n) is 5.34. The third kappa shape index (κ3) is 9.70. The minimum absolute atomic E-state index is 0.103. The molecule has 13 nitrogen and oxygen atoms in total. The second-order valence-corrected chi connectivity index (χ2v) is 13.4. The van der Waals surface area contributed by atoms with Crippen LogP contribution in [0.4, 0.5) is 5.82 Å². The van der Waals surface area contributed by atoms with Gasteiger partial charge in [0.15, 0.2) is 30.1 Å². The highest BCUT2D eigenvalue weighted by Gasteiger charge is 2.48. The Bertz CT molecular complexity index is 1460. The van der Waals surface area contributed by atoms with E-state index in [0.717, 1.165) is 0 Å². The third-order valence-corrected chi connectivity index (χ3v) is 9.67. The maximum Gasteiger partial charge on any atom is 0.263 e. The Labute approximate surface area is 288 Å². The molecule has 1 amide bonds. The molecular weight excluding hydrogens is 637 g/mol. The number of carbonyl (C=O) groups excluding carboxylic acids is 2. The smallest absolute Gasteiger partial charge is 0.263 e. The van der Waals surface area contributed by atoms with Gasteiger partial charge in [-0.1, -0.05) is 26.0 Å². The summed E-state index contributed by atoms with van der Waals surface area (Å²) in [7, 11) is 1.23. The lowest BCUT2D eigenvalue weighted by Gasteiger charge is -2.38. The first-order chi connectivity index (χ1) is 23.9. The van der Waals surface area contributed by atoms with Crippen LogP contribution in [-0.4, -0.2) is 96.1 Å². The molecule has 0 saturated carbocycles. The Morgan fingerprint density at radius 2 is 1.96 bits per heavy atom. The number of carbonyl (C=O) groups is 2. The number of methoxy groups -OCH3 is 1. The van der Waals surface area contributed by atoms with Crippen molar-refractivity contribution in [2.45, 2.75) is 104 Å². The number of Topliss-reactive ketones (excluding diaryl/α,β-unsaturated/α-hetero) is 1. The van der Waals surface area contributed by atoms with Crippen molar-refractivity contribution in [3.8, 4) is 18.1 Å². The average Bonchev–Trinajstić information content (AvgIpc) is 3.65. The Balaban J connectivity index is 0.00000217. The summed E-state index contributed by atoms with van der Waals surface area (Å²) in [5, 5.41) is 6.20. The molecule has 14 heteroatoms. The molecule has 2 aliphatic rings. The number of nitrogens with one attached hydrogen (secondary N) is 1. The largest absolute Gasteiger partial charge is 0.484 e. The Morgan fingerprint density at radius 3 is 2.54 bits per heavy atom. The van der Waals surface area contributed by atoms with E-state index in [-0.39, 0.29) is 55.1 Å². The number of aliphatic hydroxyl groups is 1. The molecule has 2 N–H and O–H groups in total. The van der Waals surface area contributed by atoms with Gasteiger partial charge in [-0.3, -0.25) is 14.2 Å². The van der Waals surface area contributed by atoms with Crippen LogP contribution in [0.25, 0.3) is 0 Å². The van der Waals surface area contributed by atoms with Gasteiger partial charge in [-0.15, -0.1) is 12.3 Å². The zero-order valence-electron chi connectivity index (χ0n) is 31.0. The van der Waals surface area contributed by atoms with E-state index in [9.17, 15) is 9.59 Å². The summed E-state index contributed by atoms with van der Waals surface area (Å²) >= 11 is 0. The number of aliphatic hydroxyl groups excluding tert-OH is 1. The molecule has 1 saturated heterocycles. The molecule has 5 unspecified atom stereocenters. The molecule has 1 aromatic carbocycles. The van der Waals surface area contributed by atoms with Gasteiger partial charge in [-0.2, -0.15) is 0 Å². The number of ether oxygens (including phenoxy) is 3. The number of amidine groups is 1. The SMILES string of the molecule is [2H]CC1OC(n2cnc3c2N=C(NC(=O)COc2ccc(C(C)C)cc2)CC3=O)C(OC)C1OP(OCCC#C)N(C(C)C)C(C)C.[3H]OC. The van der Waals surface area contributed by atoms with Crippen LogP contribution in [0, 0.1) is 12.3 Å². The number of hydrogen-bond donors (Lipinski definition) is 2. The number of fused-ring (bicyclic) bond motifs is 1. The number of hydrogen-bond acceptors (Lipinski definition) is 11. The van der Waals surface area contributed by atoms with Crippen molar-refractivity contribution in [1.29, 1.82) is 1.43 Å². The quantitative estimate of drug-likeness (QED) is 0.155. The average molecular weight is 691 g/mol. The van der Waals surface area contributed by atoms with Crippen LogP contribution in [0.15, 0.2) is 35.6 Å². The number of amides is 1. The van der Waals surface area contributed by atoms with E-state index in [0.29, 0.717) is 24.7 Å². The van der Waals surface area contributed by atoms with Crippen molar-refractivity contribution in [2.24, 2.45) is 4.99 Å². The second-order valence-electron chi connectivity index (χ2n) is 12.0. The molecule has 48 heavy (non-hydrogen) atoms. The predicted octanol–water partition coefficient (Wildman–Crippen LogP) is 5.13. The second kappa shape index (κ2) is 18.5. The number of aromatic nitrogens is 2. The van der Waals surface area contributed by atoms with E-state index in [1.165, 1.54) is 26.1 Å². The molecule has 2 aliphatic heterocycles. The van der Waals surface area contributed by atoms with E-state index in [1.54, 1.807) is 4.57 Å². The van der Waals surface area contributed by atoms with E-state index in [4.69, 9.17) is 32.5 Å². The fourth-order valence-corrected chi connectivity index (χ4v) is 7.11. The number of imidazole rings is 1. The lowest BCUT2D eigenvalue weighted by molar-refractivity contribution is -0.121. The summed E-state index contributed by atoms with van der Waals surface area (Å²) in [6.07, 6.45) is 4.34. The van der Waals surface area contributed by atoms with Crippen LogP contribution in [0.3, 0.4) is 0 Å². The van der Waals surface area contributed by atoms with Crippen molar-refractivity contribution < 1.29 is 39.3 Å². The van der Waals surface area contributed by atoms with Crippen LogP contribution in [0.2, 0.25) is 0 Å². The monoisotopic (exact) mass is 690 g/mol. The number of ketones is 1. The van der Waals surface area contributed by atoms with Crippen molar-refractivity contribution >= 4 is 31.9 Å². The molecule has 0 spiro atoms. The topological polar surface area (TPSA) is 146 Å². The number of terminal acetylenes is 1. The molecule has 0 radical (unpaired) electrons. The molecule has 0 bridgehead atoms. The van der Waals surface area contributed by atoms with Crippen LogP contribution < -0.4 is 10.1 Å². The van der Waals surface area contributed by atoms with Crippen LogP contribution in [0.5, 0.6) is 5.75 Å². The van der Waals surface area contributed by atoms with Gasteiger partial charge >= 0.3 is 0 Å². The first kappa shape index (κ1) is 36.1. The van der Waals surface area contributed by atoms with Crippen molar-refractivity contribution in [1.82, 2.24) is 19.5 Å². The summed E-state index contributed by atoms with van der Waals surface area (Å²) in [5.74, 6) is 3.17. The Morgan fingerprint density at radius 1 is 1.27 bits per heavy atom. The summed E-state index contributed by atoms with van der Waals surface area (Å²) in [6.45, 7) is 12.4. The molecule has 1 fully saturated rings. The lowest BCUT2D eigenvalue weighted by Crippen LogP contribution is -2.39.